The van der Waals surface area contributed by atoms with Crippen molar-refractivity contribution in [3.63, 3.8) is 0 Å². The van der Waals surface area contributed by atoms with Crippen molar-refractivity contribution < 1.29 is 9.52 Å². The van der Waals surface area contributed by atoms with Crippen LogP contribution in [-0.4, -0.2) is 25.5 Å². The first-order valence-corrected chi connectivity index (χ1v) is 7.11. The van der Waals surface area contributed by atoms with Crippen molar-refractivity contribution in [1.82, 2.24) is 14.8 Å². The molecule has 0 radical (unpaired) electrons. The number of aryl methyl sites for hydroxylation is 1. The zero-order valence-corrected chi connectivity index (χ0v) is 12.5. The molecule has 0 bridgehead atoms. The van der Waals surface area contributed by atoms with Crippen molar-refractivity contribution in [2.75, 3.05) is 0 Å². The number of rotatable bonds is 4. The number of hydrogen-bond donors (Lipinski definition) is 1. The highest BCUT2D eigenvalue weighted by Crippen LogP contribution is 2.27. The Morgan fingerprint density at radius 1 is 1.29 bits per heavy atom. The molecule has 0 atom stereocenters. The summed E-state index contributed by atoms with van der Waals surface area (Å²) in [7, 11) is 0. The van der Waals surface area contributed by atoms with Gasteiger partial charge in [-0.05, 0) is 26.0 Å². The van der Waals surface area contributed by atoms with Crippen molar-refractivity contribution in [3.8, 4) is 11.6 Å². The highest BCUT2D eigenvalue weighted by Gasteiger charge is 2.21. The van der Waals surface area contributed by atoms with Gasteiger partial charge in [-0.3, -0.25) is 0 Å². The number of hydrogen-bond acceptors (Lipinski definition) is 4. The van der Waals surface area contributed by atoms with Gasteiger partial charge in [0.2, 0.25) is 0 Å². The van der Waals surface area contributed by atoms with Crippen molar-refractivity contribution >= 4 is 11.0 Å². The topological polar surface area (TPSA) is 64.1 Å². The molecule has 0 aliphatic carbocycles. The van der Waals surface area contributed by atoms with E-state index in [-0.39, 0.29) is 0 Å². The van der Waals surface area contributed by atoms with Gasteiger partial charge in [-0.25, -0.2) is 9.67 Å². The van der Waals surface area contributed by atoms with Gasteiger partial charge in [0.05, 0.1) is 12.1 Å². The van der Waals surface area contributed by atoms with Crippen LogP contribution in [0.25, 0.3) is 22.6 Å². The molecule has 110 valence electrons. The lowest BCUT2D eigenvalue weighted by Crippen LogP contribution is -2.27. The Labute approximate surface area is 123 Å². The Kier molecular flexibility index (Phi) is 3.29. The molecule has 1 N–H and O–H groups in total. The van der Waals surface area contributed by atoms with E-state index in [9.17, 15) is 5.11 Å². The minimum absolute atomic E-state index is 0.367. The Balaban J connectivity index is 2.09. The molecule has 5 heteroatoms. The van der Waals surface area contributed by atoms with Crippen LogP contribution < -0.4 is 0 Å². The van der Waals surface area contributed by atoms with Gasteiger partial charge in [-0.2, -0.15) is 5.10 Å². The number of furan rings is 1. The van der Waals surface area contributed by atoms with Gasteiger partial charge in [0.25, 0.3) is 0 Å². The Bertz CT molecular complexity index is 732. The number of benzene rings is 1. The summed E-state index contributed by atoms with van der Waals surface area (Å²) in [5.41, 5.74) is -0.0391. The zero-order chi connectivity index (χ0) is 15.0. The molecular formula is C16H19N3O2. The van der Waals surface area contributed by atoms with Crippen molar-refractivity contribution in [2.24, 2.45) is 0 Å². The molecule has 3 aromatic rings. The molecule has 2 aromatic heterocycles. The Morgan fingerprint density at radius 3 is 2.71 bits per heavy atom. The van der Waals surface area contributed by atoms with Gasteiger partial charge >= 0.3 is 0 Å². The van der Waals surface area contributed by atoms with Crippen LogP contribution in [-0.2, 0) is 13.0 Å². The van der Waals surface area contributed by atoms with Gasteiger partial charge in [-0.1, -0.05) is 25.1 Å². The molecular weight excluding hydrogens is 266 g/mol. The minimum atomic E-state index is -0.862. The number of aromatic nitrogens is 3. The second kappa shape index (κ2) is 5.00. The monoisotopic (exact) mass is 285 g/mol. The van der Waals surface area contributed by atoms with E-state index in [4.69, 9.17) is 4.42 Å². The van der Waals surface area contributed by atoms with Gasteiger partial charge in [0.15, 0.2) is 17.4 Å². The molecule has 21 heavy (non-hydrogen) atoms. The van der Waals surface area contributed by atoms with Crippen LogP contribution in [0.1, 0.15) is 26.6 Å². The smallest absolute Gasteiger partial charge is 0.194 e. The molecule has 0 aliphatic rings. The highest BCUT2D eigenvalue weighted by atomic mass is 16.3. The SMILES string of the molecule is CCc1nc(-c2cc3ccccc3o2)n(CC(C)(C)O)n1. The van der Waals surface area contributed by atoms with Gasteiger partial charge in [0, 0.05) is 11.8 Å². The summed E-state index contributed by atoms with van der Waals surface area (Å²) in [6.45, 7) is 5.88. The highest BCUT2D eigenvalue weighted by molar-refractivity contribution is 5.81. The van der Waals surface area contributed by atoms with Crippen LogP contribution in [0.2, 0.25) is 0 Å². The zero-order valence-electron chi connectivity index (χ0n) is 12.5. The maximum absolute atomic E-state index is 10.0. The molecule has 0 saturated carbocycles. The summed E-state index contributed by atoms with van der Waals surface area (Å²) in [5, 5.41) is 15.5. The summed E-state index contributed by atoms with van der Waals surface area (Å²) in [4.78, 5) is 4.53. The fourth-order valence-electron chi connectivity index (χ4n) is 2.29. The largest absolute Gasteiger partial charge is 0.453 e. The fourth-order valence-corrected chi connectivity index (χ4v) is 2.29. The molecule has 0 unspecified atom stereocenters. The van der Waals surface area contributed by atoms with Crippen LogP contribution in [0.3, 0.4) is 0 Å². The van der Waals surface area contributed by atoms with Crippen LogP contribution in [0.4, 0.5) is 0 Å². The van der Waals surface area contributed by atoms with E-state index in [1.54, 1.807) is 18.5 Å². The summed E-state index contributed by atoms with van der Waals surface area (Å²) < 4.78 is 7.58. The predicted octanol–water partition coefficient (Wildman–Crippen LogP) is 3.02. The minimum Gasteiger partial charge on any atom is -0.453 e. The molecule has 0 fully saturated rings. The third-order valence-electron chi connectivity index (χ3n) is 3.21. The molecule has 5 nitrogen and oxygen atoms in total. The van der Waals surface area contributed by atoms with E-state index in [1.807, 2.05) is 37.3 Å². The molecule has 2 heterocycles. The third kappa shape index (κ3) is 2.83. The van der Waals surface area contributed by atoms with Gasteiger partial charge in [0.1, 0.15) is 5.58 Å². The lowest BCUT2D eigenvalue weighted by Gasteiger charge is -2.17. The second-order valence-corrected chi connectivity index (χ2v) is 5.82. The van der Waals surface area contributed by atoms with E-state index in [0.29, 0.717) is 18.1 Å². The average molecular weight is 285 g/mol. The third-order valence-corrected chi connectivity index (χ3v) is 3.21. The van der Waals surface area contributed by atoms with Crippen molar-refractivity contribution in [3.05, 3.63) is 36.2 Å². The quantitative estimate of drug-likeness (QED) is 0.800. The van der Waals surface area contributed by atoms with E-state index in [1.165, 1.54) is 0 Å². The second-order valence-electron chi connectivity index (χ2n) is 5.82. The lowest BCUT2D eigenvalue weighted by atomic mass is 10.1. The molecule has 1 aromatic carbocycles. The maximum atomic E-state index is 10.0. The van der Waals surface area contributed by atoms with E-state index < -0.39 is 5.60 Å². The van der Waals surface area contributed by atoms with E-state index in [2.05, 4.69) is 10.1 Å². The standard InChI is InChI=1S/C16H19N3O2/c1-4-14-17-15(19(18-14)10-16(2,3)20)13-9-11-7-5-6-8-12(11)21-13/h5-9,20H,4,10H2,1-3H3. The first-order chi connectivity index (χ1) is 9.96. The summed E-state index contributed by atoms with van der Waals surface area (Å²) in [5.74, 6) is 2.08. The lowest BCUT2D eigenvalue weighted by molar-refractivity contribution is 0.0580. The Morgan fingerprint density at radius 2 is 2.05 bits per heavy atom. The summed E-state index contributed by atoms with van der Waals surface area (Å²) in [6.07, 6.45) is 0.742. The van der Waals surface area contributed by atoms with Crippen LogP contribution >= 0.6 is 0 Å². The molecule has 0 aliphatic heterocycles. The van der Waals surface area contributed by atoms with Gasteiger partial charge < -0.3 is 9.52 Å². The van der Waals surface area contributed by atoms with Crippen LogP contribution in [0.5, 0.6) is 0 Å². The van der Waals surface area contributed by atoms with E-state index in [0.717, 1.165) is 23.2 Å². The van der Waals surface area contributed by atoms with Crippen molar-refractivity contribution in [1.29, 1.82) is 0 Å². The van der Waals surface area contributed by atoms with Crippen LogP contribution in [0.15, 0.2) is 34.7 Å². The number of aliphatic hydroxyl groups is 1. The maximum Gasteiger partial charge on any atom is 0.194 e. The molecule has 0 spiro atoms. The number of para-hydroxylation sites is 1. The average Bonchev–Trinajstić information content (AvgIpc) is 2.99. The van der Waals surface area contributed by atoms with E-state index >= 15 is 0 Å². The predicted molar refractivity (Wildman–Crippen MR) is 80.9 cm³/mol. The number of fused-ring (bicyclic) bond motifs is 1. The normalized spacial score (nSPS) is 12.2. The fraction of sp³-hybridized carbons (Fsp3) is 0.375. The molecule has 3 rings (SSSR count). The van der Waals surface area contributed by atoms with Crippen LogP contribution in [0, 0.1) is 0 Å². The first kappa shape index (κ1) is 13.8. The first-order valence-electron chi connectivity index (χ1n) is 7.11. The molecule has 0 saturated heterocycles. The summed E-state index contributed by atoms with van der Waals surface area (Å²) >= 11 is 0. The van der Waals surface area contributed by atoms with Crippen molar-refractivity contribution in [2.45, 2.75) is 39.3 Å². The van der Waals surface area contributed by atoms with Gasteiger partial charge in [-0.15, -0.1) is 0 Å². The number of nitrogens with zero attached hydrogens (tertiary/aromatic N) is 3. The molecule has 0 amide bonds. The summed E-state index contributed by atoms with van der Waals surface area (Å²) in [6, 6.07) is 9.80. The Hall–Kier alpha value is -2.14.